The third-order valence-corrected chi connectivity index (χ3v) is 5.94. The van der Waals surface area contributed by atoms with Crippen molar-refractivity contribution in [2.45, 2.75) is 44.6 Å². The van der Waals surface area contributed by atoms with Gasteiger partial charge in [-0.25, -0.2) is 13.1 Å². The second kappa shape index (κ2) is 8.76. The van der Waals surface area contributed by atoms with Crippen molar-refractivity contribution < 1.29 is 13.2 Å². The first kappa shape index (κ1) is 21.7. The number of fused-ring (bicyclic) bond motifs is 1. The molecule has 2 aromatic carbocycles. The second-order valence-electron chi connectivity index (χ2n) is 7.21. The number of nitrogens with zero attached hydrogens (tertiary/aromatic N) is 2. The number of sulfonamides is 1. The molecule has 0 saturated carbocycles. The van der Waals surface area contributed by atoms with Crippen LogP contribution in [0.3, 0.4) is 0 Å². The summed E-state index contributed by atoms with van der Waals surface area (Å²) in [4.78, 5) is 27.4. The van der Waals surface area contributed by atoms with Gasteiger partial charge in [-0.3, -0.25) is 15.0 Å². The molecule has 0 atom stereocenters. The van der Waals surface area contributed by atoms with Crippen molar-refractivity contribution in [1.29, 1.82) is 0 Å². The molecular weight excluding hydrogens is 404 g/mol. The molecule has 0 radical (unpaired) electrons. The predicted octanol–water partition coefficient (Wildman–Crippen LogP) is 2.55. The number of carbonyl (C=O) groups excluding carboxylic acids is 1. The molecule has 0 fully saturated rings. The van der Waals surface area contributed by atoms with Crippen molar-refractivity contribution in [2.75, 3.05) is 0 Å². The lowest BCUT2D eigenvalue weighted by Crippen LogP contribution is -2.42. The Bertz CT molecular complexity index is 1230. The van der Waals surface area contributed by atoms with Crippen LogP contribution in [0.25, 0.3) is 10.8 Å². The molecule has 0 unspecified atom stereocenters. The van der Waals surface area contributed by atoms with E-state index in [-0.39, 0.29) is 22.1 Å². The quantitative estimate of drug-likeness (QED) is 0.562. The van der Waals surface area contributed by atoms with Gasteiger partial charge in [0.25, 0.3) is 21.5 Å². The second-order valence-corrected chi connectivity index (χ2v) is 8.89. The third-order valence-electron chi connectivity index (χ3n) is 4.67. The fourth-order valence-electron chi connectivity index (χ4n) is 3.03. The third kappa shape index (κ3) is 4.42. The number of hydrogen-bond donors (Lipinski definition) is 2. The van der Waals surface area contributed by atoms with Crippen LogP contribution in [-0.4, -0.2) is 24.1 Å². The Morgan fingerprint density at radius 1 is 1.07 bits per heavy atom. The molecule has 2 N–H and O–H groups in total. The molecule has 0 aliphatic rings. The van der Waals surface area contributed by atoms with E-state index in [1.807, 2.05) is 20.8 Å². The van der Waals surface area contributed by atoms with Crippen molar-refractivity contribution >= 4 is 26.7 Å². The lowest BCUT2D eigenvalue weighted by molar-refractivity contribution is 0.0939. The highest BCUT2D eigenvalue weighted by molar-refractivity contribution is 7.89. The van der Waals surface area contributed by atoms with Crippen LogP contribution in [0, 0.1) is 0 Å². The van der Waals surface area contributed by atoms with E-state index in [2.05, 4.69) is 15.4 Å². The molecule has 0 bridgehead atoms. The number of carbonyl (C=O) groups is 1. The van der Waals surface area contributed by atoms with Crippen molar-refractivity contribution in [3.8, 4) is 0 Å². The average Bonchev–Trinajstić information content (AvgIpc) is 2.74. The SMILES string of the molecule is CCCn1nc(C(=O)NNS(=O)(=O)c2ccc(C(C)C)cc2)c2ccccc2c1=O. The number of amides is 1. The molecule has 1 amide bonds. The summed E-state index contributed by atoms with van der Waals surface area (Å²) in [6.07, 6.45) is 0.658. The molecule has 0 saturated heterocycles. The lowest BCUT2D eigenvalue weighted by atomic mass is 10.0. The van der Waals surface area contributed by atoms with Crippen molar-refractivity contribution in [3.63, 3.8) is 0 Å². The van der Waals surface area contributed by atoms with Crippen LogP contribution in [0.5, 0.6) is 0 Å². The van der Waals surface area contributed by atoms with Gasteiger partial charge in [0.1, 0.15) is 0 Å². The Kier molecular flexibility index (Phi) is 6.33. The summed E-state index contributed by atoms with van der Waals surface area (Å²) >= 11 is 0. The maximum Gasteiger partial charge on any atom is 0.287 e. The van der Waals surface area contributed by atoms with Crippen LogP contribution >= 0.6 is 0 Å². The van der Waals surface area contributed by atoms with Gasteiger partial charge >= 0.3 is 0 Å². The first-order valence-corrected chi connectivity index (χ1v) is 11.1. The van der Waals surface area contributed by atoms with E-state index in [0.29, 0.717) is 23.7 Å². The van der Waals surface area contributed by atoms with Crippen molar-refractivity contribution in [3.05, 3.63) is 70.1 Å². The average molecular weight is 429 g/mol. The van der Waals surface area contributed by atoms with Crippen LogP contribution in [0.1, 0.15) is 49.2 Å². The van der Waals surface area contributed by atoms with Gasteiger partial charge in [-0.1, -0.05) is 51.1 Å². The Hall–Kier alpha value is -3.04. The maximum absolute atomic E-state index is 12.7. The topological polar surface area (TPSA) is 110 Å². The fourth-order valence-corrected chi connectivity index (χ4v) is 3.87. The van der Waals surface area contributed by atoms with E-state index in [1.54, 1.807) is 36.4 Å². The summed E-state index contributed by atoms with van der Waals surface area (Å²) in [6.45, 7) is 6.26. The molecule has 3 aromatic rings. The molecule has 0 aliphatic carbocycles. The molecule has 30 heavy (non-hydrogen) atoms. The van der Waals surface area contributed by atoms with Gasteiger partial charge in [-0.2, -0.15) is 5.10 Å². The number of hydrazine groups is 1. The van der Waals surface area contributed by atoms with Gasteiger partial charge < -0.3 is 0 Å². The van der Waals surface area contributed by atoms with Gasteiger partial charge in [0, 0.05) is 11.9 Å². The normalized spacial score (nSPS) is 11.7. The number of aryl methyl sites for hydroxylation is 1. The summed E-state index contributed by atoms with van der Waals surface area (Å²) < 4.78 is 26.3. The Balaban J connectivity index is 1.88. The molecular formula is C21H24N4O4S. The highest BCUT2D eigenvalue weighted by Gasteiger charge is 2.20. The molecule has 9 heteroatoms. The van der Waals surface area contributed by atoms with Crippen LogP contribution in [0.2, 0.25) is 0 Å². The summed E-state index contributed by atoms with van der Waals surface area (Å²) in [5.41, 5.74) is 2.88. The van der Waals surface area contributed by atoms with Gasteiger partial charge in [-0.05, 0) is 36.1 Å². The molecule has 158 valence electrons. The Morgan fingerprint density at radius 2 is 1.70 bits per heavy atom. The van der Waals surface area contributed by atoms with Crippen LogP contribution in [0.4, 0.5) is 0 Å². The highest BCUT2D eigenvalue weighted by Crippen LogP contribution is 2.17. The number of rotatable bonds is 7. The van der Waals surface area contributed by atoms with E-state index in [4.69, 9.17) is 0 Å². The van der Waals surface area contributed by atoms with Gasteiger partial charge in [0.05, 0.1) is 10.3 Å². The van der Waals surface area contributed by atoms with E-state index in [0.717, 1.165) is 5.56 Å². The Morgan fingerprint density at radius 3 is 2.30 bits per heavy atom. The van der Waals surface area contributed by atoms with Crippen LogP contribution in [0.15, 0.2) is 58.2 Å². The fraction of sp³-hybridized carbons (Fsp3) is 0.286. The van der Waals surface area contributed by atoms with Crippen LogP contribution < -0.4 is 15.8 Å². The molecule has 3 rings (SSSR count). The zero-order valence-corrected chi connectivity index (χ0v) is 17.9. The lowest BCUT2D eigenvalue weighted by Gasteiger charge is -2.12. The minimum absolute atomic E-state index is 0.0287. The minimum Gasteiger partial charge on any atom is -0.272 e. The van der Waals surface area contributed by atoms with Crippen molar-refractivity contribution in [1.82, 2.24) is 20.0 Å². The summed E-state index contributed by atoms with van der Waals surface area (Å²) in [7, 11) is -3.97. The van der Waals surface area contributed by atoms with Crippen molar-refractivity contribution in [2.24, 2.45) is 0 Å². The zero-order valence-electron chi connectivity index (χ0n) is 17.0. The van der Waals surface area contributed by atoms with E-state index < -0.39 is 15.9 Å². The molecule has 0 spiro atoms. The molecule has 1 heterocycles. The first-order valence-electron chi connectivity index (χ1n) is 9.66. The standard InChI is InChI=1S/C21H24N4O4S/c1-4-13-25-21(27)18-8-6-5-7-17(18)19(23-25)20(26)22-24-30(28,29)16-11-9-15(10-12-16)14(2)3/h5-12,14,24H,4,13H2,1-3H3,(H,22,26). The zero-order chi connectivity index (χ0) is 21.9. The molecule has 8 nitrogen and oxygen atoms in total. The number of benzene rings is 2. The number of hydrogen-bond acceptors (Lipinski definition) is 5. The minimum atomic E-state index is -3.97. The molecule has 0 aliphatic heterocycles. The monoisotopic (exact) mass is 428 g/mol. The van der Waals surface area contributed by atoms with Gasteiger partial charge in [0.15, 0.2) is 5.69 Å². The molecule has 1 aromatic heterocycles. The Labute approximate surface area is 174 Å². The number of nitrogens with one attached hydrogen (secondary N) is 2. The largest absolute Gasteiger partial charge is 0.287 e. The maximum atomic E-state index is 12.7. The smallest absolute Gasteiger partial charge is 0.272 e. The highest BCUT2D eigenvalue weighted by atomic mass is 32.2. The first-order chi connectivity index (χ1) is 14.2. The summed E-state index contributed by atoms with van der Waals surface area (Å²) in [5.74, 6) is -0.481. The van der Waals surface area contributed by atoms with E-state index in [1.165, 1.54) is 16.8 Å². The van der Waals surface area contributed by atoms with Gasteiger partial charge in [-0.15, -0.1) is 4.83 Å². The predicted molar refractivity (Wildman–Crippen MR) is 115 cm³/mol. The van der Waals surface area contributed by atoms with E-state index in [9.17, 15) is 18.0 Å². The number of aromatic nitrogens is 2. The van der Waals surface area contributed by atoms with Crippen LogP contribution in [-0.2, 0) is 16.6 Å². The summed E-state index contributed by atoms with van der Waals surface area (Å²) in [5, 5.41) is 4.85. The summed E-state index contributed by atoms with van der Waals surface area (Å²) in [6, 6.07) is 13.0. The van der Waals surface area contributed by atoms with Gasteiger partial charge in [0.2, 0.25) is 0 Å². The van der Waals surface area contributed by atoms with E-state index >= 15 is 0 Å².